The van der Waals surface area contributed by atoms with E-state index in [1.807, 2.05) is 4.90 Å². The zero-order valence-electron chi connectivity index (χ0n) is 14.5. The summed E-state index contributed by atoms with van der Waals surface area (Å²) >= 11 is 0. The summed E-state index contributed by atoms with van der Waals surface area (Å²) in [5.74, 6) is -0.0466. The molecule has 2 heterocycles. The molecule has 0 aliphatic carbocycles. The molecule has 0 radical (unpaired) electrons. The smallest absolute Gasteiger partial charge is 0.241 e. The summed E-state index contributed by atoms with van der Waals surface area (Å²) in [6.07, 6.45) is 3.77. The van der Waals surface area contributed by atoms with E-state index in [1.165, 1.54) is 6.07 Å². The molecule has 2 aliphatic rings. The lowest BCUT2D eigenvalue weighted by Crippen LogP contribution is -2.52. The molecule has 3 rings (SSSR count). The van der Waals surface area contributed by atoms with Gasteiger partial charge in [-0.15, -0.1) is 0 Å². The van der Waals surface area contributed by atoms with E-state index in [0.29, 0.717) is 19.6 Å². The number of halogens is 1. The van der Waals surface area contributed by atoms with E-state index < -0.39 is 0 Å². The van der Waals surface area contributed by atoms with Crippen molar-refractivity contribution in [2.45, 2.75) is 43.8 Å². The van der Waals surface area contributed by atoms with Crippen LogP contribution in [0.25, 0.3) is 0 Å². The van der Waals surface area contributed by atoms with Gasteiger partial charge in [0.2, 0.25) is 5.91 Å². The molecule has 3 unspecified atom stereocenters. The minimum absolute atomic E-state index is 0.0424. The molecule has 2 aliphatic heterocycles. The van der Waals surface area contributed by atoms with Crippen LogP contribution in [-0.4, -0.2) is 55.8 Å². The molecular weight excluding hydrogens is 325 g/mol. The molecule has 0 spiro atoms. The van der Waals surface area contributed by atoms with Gasteiger partial charge in [0.1, 0.15) is 12.6 Å². The highest BCUT2D eigenvalue weighted by Gasteiger charge is 2.36. The van der Waals surface area contributed by atoms with Crippen molar-refractivity contribution in [1.82, 2.24) is 15.8 Å². The SMILES string of the molecule is COCC1CCCCN1C(=O)C1CC(COc2ccccc2F)NN1. The van der Waals surface area contributed by atoms with E-state index in [1.54, 1.807) is 25.3 Å². The number of rotatable bonds is 6. The number of nitrogens with zero attached hydrogens (tertiary/aromatic N) is 1. The fourth-order valence-corrected chi connectivity index (χ4v) is 3.50. The highest BCUT2D eigenvalue weighted by Crippen LogP contribution is 2.21. The molecule has 25 heavy (non-hydrogen) atoms. The Labute approximate surface area is 147 Å². The zero-order valence-corrected chi connectivity index (χ0v) is 14.5. The van der Waals surface area contributed by atoms with Crippen LogP contribution < -0.4 is 15.6 Å². The fraction of sp³-hybridized carbons (Fsp3) is 0.611. The highest BCUT2D eigenvalue weighted by molar-refractivity contribution is 5.82. The van der Waals surface area contributed by atoms with Crippen LogP contribution in [0.1, 0.15) is 25.7 Å². The number of para-hydroxylation sites is 1. The normalized spacial score (nSPS) is 26.6. The molecular formula is C18H26FN3O3. The Balaban J connectivity index is 1.51. The first-order valence-electron chi connectivity index (χ1n) is 8.87. The van der Waals surface area contributed by atoms with Gasteiger partial charge in [-0.25, -0.2) is 9.82 Å². The van der Waals surface area contributed by atoms with Gasteiger partial charge in [0.15, 0.2) is 11.6 Å². The molecule has 2 N–H and O–H groups in total. The maximum atomic E-state index is 13.6. The van der Waals surface area contributed by atoms with Crippen LogP contribution in [0.2, 0.25) is 0 Å². The van der Waals surface area contributed by atoms with Crippen LogP contribution in [0.5, 0.6) is 5.75 Å². The maximum Gasteiger partial charge on any atom is 0.241 e. The van der Waals surface area contributed by atoms with E-state index in [-0.39, 0.29) is 35.6 Å². The summed E-state index contributed by atoms with van der Waals surface area (Å²) in [5.41, 5.74) is 6.15. The molecule has 7 heteroatoms. The summed E-state index contributed by atoms with van der Waals surface area (Å²) in [6, 6.07) is 6.16. The lowest BCUT2D eigenvalue weighted by atomic mass is 10.0. The van der Waals surface area contributed by atoms with Crippen molar-refractivity contribution in [1.29, 1.82) is 0 Å². The van der Waals surface area contributed by atoms with Gasteiger partial charge in [0.25, 0.3) is 0 Å². The average Bonchev–Trinajstić information content (AvgIpc) is 3.10. The number of hydrazine groups is 1. The van der Waals surface area contributed by atoms with Crippen LogP contribution in [0.3, 0.4) is 0 Å². The maximum absolute atomic E-state index is 13.6. The molecule has 0 saturated carbocycles. The summed E-state index contributed by atoms with van der Waals surface area (Å²) < 4.78 is 24.4. The van der Waals surface area contributed by atoms with E-state index in [4.69, 9.17) is 9.47 Å². The van der Waals surface area contributed by atoms with Crippen LogP contribution in [0.4, 0.5) is 4.39 Å². The van der Waals surface area contributed by atoms with Crippen LogP contribution in [0.15, 0.2) is 24.3 Å². The van der Waals surface area contributed by atoms with Crippen molar-refractivity contribution in [3.63, 3.8) is 0 Å². The third kappa shape index (κ3) is 4.48. The Hall–Kier alpha value is -1.70. The molecule has 138 valence electrons. The van der Waals surface area contributed by atoms with Crippen molar-refractivity contribution < 1.29 is 18.7 Å². The monoisotopic (exact) mass is 351 g/mol. The number of carbonyl (C=O) groups is 1. The first-order valence-corrected chi connectivity index (χ1v) is 8.87. The second-order valence-electron chi connectivity index (χ2n) is 6.65. The van der Waals surface area contributed by atoms with Crippen LogP contribution in [-0.2, 0) is 9.53 Å². The van der Waals surface area contributed by atoms with Gasteiger partial charge in [0, 0.05) is 13.7 Å². The Bertz CT molecular complexity index is 584. The van der Waals surface area contributed by atoms with E-state index in [0.717, 1.165) is 25.8 Å². The number of hydrogen-bond donors (Lipinski definition) is 2. The van der Waals surface area contributed by atoms with Crippen molar-refractivity contribution in [3.8, 4) is 5.75 Å². The van der Waals surface area contributed by atoms with Crippen molar-refractivity contribution in [2.75, 3.05) is 26.9 Å². The topological polar surface area (TPSA) is 62.8 Å². The first kappa shape index (κ1) is 18.1. The van der Waals surface area contributed by atoms with E-state index >= 15 is 0 Å². The molecule has 6 nitrogen and oxygen atoms in total. The number of nitrogens with one attached hydrogen (secondary N) is 2. The Morgan fingerprint density at radius 2 is 2.12 bits per heavy atom. The minimum Gasteiger partial charge on any atom is -0.489 e. The molecule has 0 aromatic heterocycles. The van der Waals surface area contributed by atoms with Crippen LogP contribution in [0, 0.1) is 5.82 Å². The Kier molecular flexibility index (Phi) is 6.23. The van der Waals surface area contributed by atoms with E-state index in [2.05, 4.69) is 10.9 Å². The van der Waals surface area contributed by atoms with Gasteiger partial charge in [-0.05, 0) is 37.8 Å². The number of benzene rings is 1. The number of piperidine rings is 1. The van der Waals surface area contributed by atoms with Gasteiger partial charge >= 0.3 is 0 Å². The number of ether oxygens (including phenoxy) is 2. The molecule has 2 fully saturated rings. The lowest BCUT2D eigenvalue weighted by molar-refractivity contribution is -0.138. The van der Waals surface area contributed by atoms with Crippen molar-refractivity contribution in [3.05, 3.63) is 30.1 Å². The highest BCUT2D eigenvalue weighted by atomic mass is 19.1. The predicted octanol–water partition coefficient (Wildman–Crippen LogP) is 1.47. The predicted molar refractivity (Wildman–Crippen MR) is 91.6 cm³/mol. The quantitative estimate of drug-likeness (QED) is 0.813. The summed E-state index contributed by atoms with van der Waals surface area (Å²) in [5, 5.41) is 0. The van der Waals surface area contributed by atoms with Gasteiger partial charge in [0.05, 0.1) is 18.7 Å². The first-order chi connectivity index (χ1) is 12.2. The van der Waals surface area contributed by atoms with Crippen LogP contribution >= 0.6 is 0 Å². The molecule has 3 atom stereocenters. The van der Waals surface area contributed by atoms with Gasteiger partial charge in [-0.3, -0.25) is 10.2 Å². The van der Waals surface area contributed by atoms with Gasteiger partial charge in [-0.2, -0.15) is 0 Å². The van der Waals surface area contributed by atoms with Crippen molar-refractivity contribution >= 4 is 5.91 Å². The summed E-state index contributed by atoms with van der Waals surface area (Å²) in [4.78, 5) is 14.8. The largest absolute Gasteiger partial charge is 0.489 e. The Morgan fingerprint density at radius 1 is 1.28 bits per heavy atom. The van der Waals surface area contributed by atoms with Gasteiger partial charge < -0.3 is 14.4 Å². The molecule has 0 bridgehead atoms. The third-order valence-electron chi connectivity index (χ3n) is 4.83. The summed E-state index contributed by atoms with van der Waals surface area (Å²) in [7, 11) is 1.67. The number of hydrogen-bond acceptors (Lipinski definition) is 5. The number of amides is 1. The number of likely N-dealkylation sites (tertiary alicyclic amines) is 1. The minimum atomic E-state index is -0.378. The fourth-order valence-electron chi connectivity index (χ4n) is 3.50. The molecule has 1 aromatic carbocycles. The number of carbonyl (C=O) groups excluding carboxylic acids is 1. The van der Waals surface area contributed by atoms with Gasteiger partial charge in [-0.1, -0.05) is 12.1 Å². The second kappa shape index (κ2) is 8.60. The summed E-state index contributed by atoms with van der Waals surface area (Å²) in [6.45, 7) is 1.66. The molecule has 1 amide bonds. The molecule has 2 saturated heterocycles. The standard InChI is InChI=1S/C18H26FN3O3/c1-24-12-14-6-4-5-9-22(14)18(23)16-10-13(20-21-16)11-25-17-8-3-2-7-15(17)19/h2-3,7-8,13-14,16,20-21H,4-6,9-12H2,1H3. The third-order valence-corrected chi connectivity index (χ3v) is 4.83. The second-order valence-corrected chi connectivity index (χ2v) is 6.65. The van der Waals surface area contributed by atoms with Crippen molar-refractivity contribution in [2.24, 2.45) is 0 Å². The zero-order chi connectivity index (χ0) is 17.6. The van der Waals surface area contributed by atoms with E-state index in [9.17, 15) is 9.18 Å². The Morgan fingerprint density at radius 3 is 2.92 bits per heavy atom. The number of methoxy groups -OCH3 is 1. The molecule has 1 aromatic rings. The average molecular weight is 351 g/mol. The lowest BCUT2D eigenvalue weighted by Gasteiger charge is -2.36.